The van der Waals surface area contributed by atoms with Crippen LogP contribution in [0.25, 0.3) is 0 Å². The van der Waals surface area contributed by atoms with Crippen LogP contribution in [-0.2, 0) is 4.79 Å². The molecular weight excluding hydrogens is 179 g/mol. The molecular formula is C8H15FO2S. The van der Waals surface area contributed by atoms with Crippen molar-refractivity contribution >= 4 is 17.7 Å². The van der Waals surface area contributed by atoms with Crippen LogP contribution in [0.15, 0.2) is 0 Å². The van der Waals surface area contributed by atoms with Crippen molar-refractivity contribution in [3.63, 3.8) is 0 Å². The highest BCUT2D eigenvalue weighted by Crippen LogP contribution is 2.13. The van der Waals surface area contributed by atoms with E-state index in [9.17, 15) is 9.18 Å². The van der Waals surface area contributed by atoms with Crippen molar-refractivity contribution in [1.29, 1.82) is 0 Å². The first-order valence-corrected chi connectivity index (χ1v) is 5.07. The lowest BCUT2D eigenvalue weighted by Gasteiger charge is -2.05. The van der Waals surface area contributed by atoms with E-state index in [1.165, 1.54) is 18.7 Å². The Morgan fingerprint density at radius 1 is 1.58 bits per heavy atom. The second-order valence-electron chi connectivity index (χ2n) is 2.77. The molecule has 0 amide bonds. The van der Waals surface area contributed by atoms with E-state index in [-0.39, 0.29) is 5.25 Å². The predicted octanol–water partition coefficient (Wildman–Crippen LogP) is 2.33. The van der Waals surface area contributed by atoms with Crippen molar-refractivity contribution in [2.45, 2.75) is 38.1 Å². The Hall–Kier alpha value is -0.250. The molecule has 0 aliphatic rings. The maximum atomic E-state index is 12.3. The van der Waals surface area contributed by atoms with Gasteiger partial charge >= 0.3 is 5.97 Å². The fraction of sp³-hybridized carbons (Fsp3) is 0.875. The average Bonchev–Trinajstić information content (AvgIpc) is 1.97. The number of carbonyl (C=O) groups is 1. The van der Waals surface area contributed by atoms with Gasteiger partial charge in [0.25, 0.3) is 0 Å². The standard InChI is InChI=1S/C8H15FO2S/c1-6(9)4-3-5-12-7(2)8(10)11/h6-7H,3-5H2,1-2H3,(H,10,11). The molecule has 72 valence electrons. The molecule has 0 bridgehead atoms. The minimum Gasteiger partial charge on any atom is -0.480 e. The molecule has 0 spiro atoms. The lowest BCUT2D eigenvalue weighted by atomic mass is 10.2. The van der Waals surface area contributed by atoms with Crippen LogP contribution >= 0.6 is 11.8 Å². The van der Waals surface area contributed by atoms with Gasteiger partial charge in [0.15, 0.2) is 0 Å². The van der Waals surface area contributed by atoms with E-state index >= 15 is 0 Å². The third-order valence-electron chi connectivity index (χ3n) is 1.46. The summed E-state index contributed by atoms with van der Waals surface area (Å²) >= 11 is 1.36. The van der Waals surface area contributed by atoms with Crippen molar-refractivity contribution in [2.75, 3.05) is 5.75 Å². The molecule has 2 atom stereocenters. The van der Waals surface area contributed by atoms with E-state index in [1.54, 1.807) is 6.92 Å². The second-order valence-corrected chi connectivity index (χ2v) is 4.22. The molecule has 4 heteroatoms. The van der Waals surface area contributed by atoms with Gasteiger partial charge in [0.1, 0.15) is 0 Å². The van der Waals surface area contributed by atoms with Crippen LogP contribution in [0.1, 0.15) is 26.7 Å². The highest BCUT2D eigenvalue weighted by atomic mass is 32.2. The smallest absolute Gasteiger partial charge is 0.316 e. The summed E-state index contributed by atoms with van der Waals surface area (Å²) < 4.78 is 12.3. The van der Waals surface area contributed by atoms with Crippen LogP contribution in [0.2, 0.25) is 0 Å². The summed E-state index contributed by atoms with van der Waals surface area (Å²) in [5.41, 5.74) is 0. The molecule has 12 heavy (non-hydrogen) atoms. The lowest BCUT2D eigenvalue weighted by Crippen LogP contribution is -2.12. The number of carboxylic acid groups (broad SMARTS) is 1. The third kappa shape index (κ3) is 6.46. The topological polar surface area (TPSA) is 37.3 Å². The number of hydrogen-bond acceptors (Lipinski definition) is 2. The zero-order valence-corrected chi connectivity index (χ0v) is 8.23. The van der Waals surface area contributed by atoms with Gasteiger partial charge in [-0.2, -0.15) is 0 Å². The summed E-state index contributed by atoms with van der Waals surface area (Å²) in [6.07, 6.45) is 0.505. The van der Waals surface area contributed by atoms with Gasteiger partial charge in [-0.3, -0.25) is 4.79 Å². The van der Waals surface area contributed by atoms with Crippen LogP contribution in [0, 0.1) is 0 Å². The number of thioether (sulfide) groups is 1. The van der Waals surface area contributed by atoms with Crippen molar-refractivity contribution < 1.29 is 14.3 Å². The molecule has 2 unspecified atom stereocenters. The first-order valence-electron chi connectivity index (χ1n) is 4.02. The summed E-state index contributed by atoms with van der Waals surface area (Å²) in [5, 5.41) is 8.12. The Morgan fingerprint density at radius 3 is 2.58 bits per heavy atom. The van der Waals surface area contributed by atoms with Gasteiger partial charge in [-0.05, 0) is 32.4 Å². The Morgan fingerprint density at radius 2 is 2.17 bits per heavy atom. The van der Waals surface area contributed by atoms with E-state index in [0.717, 1.165) is 12.2 Å². The van der Waals surface area contributed by atoms with Crippen molar-refractivity contribution in [1.82, 2.24) is 0 Å². The van der Waals surface area contributed by atoms with E-state index in [1.807, 2.05) is 0 Å². The highest BCUT2D eigenvalue weighted by Gasteiger charge is 2.10. The summed E-state index contributed by atoms with van der Waals surface area (Å²) in [6.45, 7) is 3.16. The number of halogens is 1. The number of aliphatic carboxylic acids is 1. The van der Waals surface area contributed by atoms with Gasteiger partial charge < -0.3 is 5.11 Å². The Balaban J connectivity index is 3.25. The van der Waals surface area contributed by atoms with Crippen molar-refractivity contribution in [3.8, 4) is 0 Å². The Kier molecular flexibility index (Phi) is 6.16. The maximum absolute atomic E-state index is 12.3. The normalized spacial score (nSPS) is 15.6. The zero-order chi connectivity index (χ0) is 9.56. The first kappa shape index (κ1) is 11.8. The molecule has 0 aliphatic carbocycles. The van der Waals surface area contributed by atoms with E-state index in [4.69, 9.17) is 5.11 Å². The van der Waals surface area contributed by atoms with Gasteiger partial charge in [0, 0.05) is 0 Å². The highest BCUT2D eigenvalue weighted by molar-refractivity contribution is 8.00. The Bertz CT molecular complexity index is 139. The van der Waals surface area contributed by atoms with Crippen LogP contribution < -0.4 is 0 Å². The number of carboxylic acids is 1. The van der Waals surface area contributed by atoms with Crippen molar-refractivity contribution in [2.24, 2.45) is 0 Å². The molecule has 0 saturated heterocycles. The molecule has 1 N–H and O–H groups in total. The van der Waals surface area contributed by atoms with Gasteiger partial charge in [-0.1, -0.05) is 0 Å². The zero-order valence-electron chi connectivity index (χ0n) is 7.42. The molecule has 0 heterocycles. The fourth-order valence-electron chi connectivity index (χ4n) is 0.696. The van der Waals surface area contributed by atoms with Crippen LogP contribution in [0.4, 0.5) is 4.39 Å². The van der Waals surface area contributed by atoms with Crippen LogP contribution in [-0.4, -0.2) is 28.3 Å². The maximum Gasteiger partial charge on any atom is 0.316 e. The predicted molar refractivity (Wildman–Crippen MR) is 49.4 cm³/mol. The second kappa shape index (κ2) is 6.29. The third-order valence-corrected chi connectivity index (χ3v) is 2.69. The van der Waals surface area contributed by atoms with Gasteiger partial charge in [-0.25, -0.2) is 4.39 Å². The molecule has 0 rings (SSSR count). The largest absolute Gasteiger partial charge is 0.480 e. The summed E-state index contributed by atoms with van der Waals surface area (Å²) in [4.78, 5) is 10.3. The molecule has 0 aromatic rings. The SMILES string of the molecule is CC(F)CCCSC(C)C(=O)O. The first-order chi connectivity index (χ1) is 5.54. The van der Waals surface area contributed by atoms with Crippen LogP contribution in [0.5, 0.6) is 0 Å². The molecule has 0 aliphatic heterocycles. The van der Waals surface area contributed by atoms with Crippen molar-refractivity contribution in [3.05, 3.63) is 0 Å². The monoisotopic (exact) mass is 194 g/mol. The van der Waals surface area contributed by atoms with Gasteiger partial charge in [0.05, 0.1) is 11.4 Å². The Labute approximate surface area is 76.5 Å². The molecule has 0 aromatic carbocycles. The minimum absolute atomic E-state index is 0.375. The van der Waals surface area contributed by atoms with E-state index in [2.05, 4.69) is 0 Å². The number of alkyl halides is 1. The molecule has 0 fully saturated rings. The molecule has 0 radical (unpaired) electrons. The summed E-state index contributed by atoms with van der Waals surface area (Å²) in [7, 11) is 0. The molecule has 2 nitrogen and oxygen atoms in total. The van der Waals surface area contributed by atoms with E-state index in [0.29, 0.717) is 6.42 Å². The lowest BCUT2D eigenvalue weighted by molar-refractivity contribution is -0.136. The average molecular weight is 194 g/mol. The van der Waals surface area contributed by atoms with Gasteiger partial charge in [0.2, 0.25) is 0 Å². The van der Waals surface area contributed by atoms with E-state index < -0.39 is 12.1 Å². The van der Waals surface area contributed by atoms with Crippen LogP contribution in [0.3, 0.4) is 0 Å². The summed E-state index contributed by atoms with van der Waals surface area (Å²) in [6, 6.07) is 0. The quantitative estimate of drug-likeness (QED) is 0.659. The fourth-order valence-corrected chi connectivity index (χ4v) is 1.53. The number of rotatable bonds is 6. The number of hydrogen-bond donors (Lipinski definition) is 1. The van der Waals surface area contributed by atoms with Gasteiger partial charge in [-0.15, -0.1) is 11.8 Å². The molecule has 0 aromatic heterocycles. The molecule has 0 saturated carbocycles. The minimum atomic E-state index is -0.798. The summed E-state index contributed by atoms with van der Waals surface area (Å²) in [5.74, 6) is -0.0739.